The van der Waals surface area contributed by atoms with Crippen LogP contribution >= 0.6 is 0 Å². The highest BCUT2D eigenvalue weighted by molar-refractivity contribution is 5.97. The Kier molecular flexibility index (Phi) is 4.27. The van der Waals surface area contributed by atoms with Gasteiger partial charge in [-0.3, -0.25) is 4.79 Å². The van der Waals surface area contributed by atoms with Crippen LogP contribution < -0.4 is 10.2 Å². The number of carbonyl (C=O) groups excluding carboxylic acids is 1. The van der Waals surface area contributed by atoms with E-state index in [1.54, 1.807) is 11.0 Å². The fourth-order valence-electron chi connectivity index (χ4n) is 3.38. The minimum Gasteiger partial charge on any atom is -0.355 e. The largest absolute Gasteiger partial charge is 0.355 e. The second-order valence-corrected chi connectivity index (χ2v) is 6.66. The van der Waals surface area contributed by atoms with E-state index in [0.29, 0.717) is 22.8 Å². The molecule has 1 saturated heterocycles. The molecule has 0 aliphatic carbocycles. The van der Waals surface area contributed by atoms with Crippen molar-refractivity contribution in [1.82, 2.24) is 44.9 Å². The third-order valence-electron chi connectivity index (χ3n) is 4.94. The predicted octanol–water partition coefficient (Wildman–Crippen LogP) is 0.579. The Morgan fingerprint density at radius 2 is 1.90 bits per heavy atom. The predicted molar refractivity (Wildman–Crippen MR) is 102 cm³/mol. The molecule has 4 aromatic heterocycles. The standard InChI is InChI=1S/C17H17N11O/c29-17(24-16-14-15(20-8-19-14)21-9-22-16)11-3-5-27(6-4-11)12-1-2-13(26-25-12)28-10-18-7-23-28/h1-2,7-11H,3-6H2,(H2,19,20,21,22,24,29). The van der Waals surface area contributed by atoms with Crippen LogP contribution in [-0.4, -0.2) is 63.9 Å². The quantitative estimate of drug-likeness (QED) is 0.510. The highest BCUT2D eigenvalue weighted by Crippen LogP contribution is 2.24. The lowest BCUT2D eigenvalue weighted by Gasteiger charge is -2.31. The Labute approximate surface area is 164 Å². The van der Waals surface area contributed by atoms with Crippen LogP contribution in [0.3, 0.4) is 0 Å². The van der Waals surface area contributed by atoms with Crippen molar-refractivity contribution < 1.29 is 4.79 Å². The lowest BCUT2D eigenvalue weighted by Crippen LogP contribution is -2.38. The van der Waals surface area contributed by atoms with Gasteiger partial charge in [0.05, 0.1) is 6.33 Å². The van der Waals surface area contributed by atoms with E-state index in [4.69, 9.17) is 0 Å². The lowest BCUT2D eigenvalue weighted by molar-refractivity contribution is -0.120. The van der Waals surface area contributed by atoms with Crippen molar-refractivity contribution in [3.8, 4) is 5.82 Å². The number of H-pyrrole nitrogens is 1. The van der Waals surface area contributed by atoms with Crippen molar-refractivity contribution in [1.29, 1.82) is 0 Å². The van der Waals surface area contributed by atoms with Gasteiger partial charge in [0.15, 0.2) is 23.1 Å². The number of rotatable bonds is 4. The molecule has 5 rings (SSSR count). The fourth-order valence-corrected chi connectivity index (χ4v) is 3.38. The van der Waals surface area contributed by atoms with Gasteiger partial charge in [-0.2, -0.15) is 5.10 Å². The minimum atomic E-state index is -0.0958. The summed E-state index contributed by atoms with van der Waals surface area (Å²) < 4.78 is 1.55. The summed E-state index contributed by atoms with van der Waals surface area (Å²) in [5, 5.41) is 15.4. The van der Waals surface area contributed by atoms with E-state index in [9.17, 15) is 4.79 Å². The molecular weight excluding hydrogens is 374 g/mol. The van der Waals surface area contributed by atoms with Crippen LogP contribution in [0.2, 0.25) is 0 Å². The maximum atomic E-state index is 12.7. The molecule has 1 aliphatic heterocycles. The van der Waals surface area contributed by atoms with Gasteiger partial charge in [0.2, 0.25) is 5.91 Å². The van der Waals surface area contributed by atoms with Crippen LogP contribution in [0.25, 0.3) is 17.0 Å². The van der Waals surface area contributed by atoms with Gasteiger partial charge in [-0.1, -0.05) is 0 Å². The van der Waals surface area contributed by atoms with Crippen LogP contribution in [0.15, 0.2) is 37.4 Å². The summed E-state index contributed by atoms with van der Waals surface area (Å²) in [6.07, 6.45) is 7.38. The second-order valence-electron chi connectivity index (χ2n) is 6.66. The van der Waals surface area contributed by atoms with Gasteiger partial charge in [0.25, 0.3) is 0 Å². The van der Waals surface area contributed by atoms with Gasteiger partial charge in [0.1, 0.15) is 24.5 Å². The average molecular weight is 391 g/mol. The molecule has 5 heterocycles. The van der Waals surface area contributed by atoms with Gasteiger partial charge in [-0.25, -0.2) is 24.6 Å². The number of imidazole rings is 1. The number of piperidine rings is 1. The summed E-state index contributed by atoms with van der Waals surface area (Å²) in [5.41, 5.74) is 1.15. The molecule has 12 nitrogen and oxygen atoms in total. The maximum Gasteiger partial charge on any atom is 0.228 e. The highest BCUT2D eigenvalue weighted by atomic mass is 16.2. The third-order valence-corrected chi connectivity index (χ3v) is 4.94. The Bertz CT molecular complexity index is 1110. The molecule has 146 valence electrons. The first-order valence-electron chi connectivity index (χ1n) is 9.16. The molecule has 12 heteroatoms. The van der Waals surface area contributed by atoms with E-state index in [2.05, 4.69) is 50.4 Å². The molecular formula is C17H17N11O. The van der Waals surface area contributed by atoms with E-state index in [1.807, 2.05) is 12.1 Å². The van der Waals surface area contributed by atoms with Gasteiger partial charge < -0.3 is 15.2 Å². The number of anilines is 2. The number of nitrogens with one attached hydrogen (secondary N) is 2. The molecule has 0 radical (unpaired) electrons. The lowest BCUT2D eigenvalue weighted by atomic mass is 9.96. The van der Waals surface area contributed by atoms with Crippen LogP contribution in [0, 0.1) is 5.92 Å². The zero-order chi connectivity index (χ0) is 19.6. The van der Waals surface area contributed by atoms with Gasteiger partial charge >= 0.3 is 0 Å². The molecule has 0 atom stereocenters. The number of aromatic nitrogens is 9. The number of hydrogen-bond donors (Lipinski definition) is 2. The van der Waals surface area contributed by atoms with Gasteiger partial charge in [-0.15, -0.1) is 10.2 Å². The summed E-state index contributed by atoms with van der Waals surface area (Å²) in [6, 6.07) is 3.75. The van der Waals surface area contributed by atoms with E-state index in [1.165, 1.54) is 19.0 Å². The average Bonchev–Trinajstić information content (AvgIpc) is 3.47. The molecule has 0 unspecified atom stereocenters. The molecule has 1 aliphatic rings. The van der Waals surface area contributed by atoms with E-state index in [0.717, 1.165) is 31.7 Å². The topological polar surface area (TPSA) is 143 Å². The maximum absolute atomic E-state index is 12.7. The SMILES string of the molecule is O=C(Nc1ncnc2nc[nH]c12)C1CCN(c2ccc(-n3cncn3)nn2)CC1. The zero-order valence-corrected chi connectivity index (χ0v) is 15.3. The number of carbonyl (C=O) groups is 1. The summed E-state index contributed by atoms with van der Waals surface area (Å²) in [4.78, 5) is 34.0. The van der Waals surface area contributed by atoms with E-state index < -0.39 is 0 Å². The van der Waals surface area contributed by atoms with Gasteiger partial charge in [0, 0.05) is 19.0 Å². The smallest absolute Gasteiger partial charge is 0.228 e. The Morgan fingerprint density at radius 3 is 2.66 bits per heavy atom. The number of amides is 1. The first-order valence-corrected chi connectivity index (χ1v) is 9.16. The van der Waals surface area contributed by atoms with Crippen molar-refractivity contribution in [3.05, 3.63) is 37.4 Å². The van der Waals surface area contributed by atoms with Crippen molar-refractivity contribution in [3.63, 3.8) is 0 Å². The zero-order valence-electron chi connectivity index (χ0n) is 15.3. The summed E-state index contributed by atoms with van der Waals surface area (Å²) >= 11 is 0. The molecule has 0 saturated carbocycles. The Balaban J connectivity index is 1.21. The molecule has 4 aromatic rings. The highest BCUT2D eigenvalue weighted by Gasteiger charge is 2.26. The number of hydrogen-bond acceptors (Lipinski definition) is 9. The first kappa shape index (κ1) is 17.2. The van der Waals surface area contributed by atoms with E-state index >= 15 is 0 Å². The van der Waals surface area contributed by atoms with Crippen molar-refractivity contribution in [2.75, 3.05) is 23.3 Å². The molecule has 0 aromatic carbocycles. The number of nitrogens with zero attached hydrogens (tertiary/aromatic N) is 9. The third kappa shape index (κ3) is 3.35. The Hall–Kier alpha value is -3.96. The first-order chi connectivity index (χ1) is 14.3. The monoisotopic (exact) mass is 391 g/mol. The molecule has 29 heavy (non-hydrogen) atoms. The van der Waals surface area contributed by atoms with Crippen molar-refractivity contribution >= 4 is 28.7 Å². The second kappa shape index (κ2) is 7.22. The molecule has 0 bridgehead atoms. The molecule has 1 fully saturated rings. The summed E-state index contributed by atoms with van der Waals surface area (Å²) in [5.74, 6) is 1.70. The van der Waals surface area contributed by atoms with Crippen molar-refractivity contribution in [2.24, 2.45) is 5.92 Å². The van der Waals surface area contributed by atoms with Gasteiger partial charge in [-0.05, 0) is 25.0 Å². The summed E-state index contributed by atoms with van der Waals surface area (Å²) in [6.45, 7) is 1.44. The van der Waals surface area contributed by atoms with Crippen LogP contribution in [0.4, 0.5) is 11.6 Å². The van der Waals surface area contributed by atoms with E-state index in [-0.39, 0.29) is 11.8 Å². The Morgan fingerprint density at radius 1 is 1.07 bits per heavy atom. The number of aromatic amines is 1. The van der Waals surface area contributed by atoms with Crippen molar-refractivity contribution in [2.45, 2.75) is 12.8 Å². The molecule has 0 spiro atoms. The van der Waals surface area contributed by atoms with Crippen LogP contribution in [-0.2, 0) is 4.79 Å². The normalized spacial score (nSPS) is 15.0. The minimum absolute atomic E-state index is 0.0492. The number of fused-ring (bicyclic) bond motifs is 1. The molecule has 2 N–H and O–H groups in total. The summed E-state index contributed by atoms with van der Waals surface area (Å²) in [7, 11) is 0. The fraction of sp³-hybridized carbons (Fsp3) is 0.294. The van der Waals surface area contributed by atoms with Crippen LogP contribution in [0.5, 0.6) is 0 Å². The van der Waals surface area contributed by atoms with Crippen LogP contribution in [0.1, 0.15) is 12.8 Å². The molecule has 1 amide bonds.